The second-order valence-corrected chi connectivity index (χ2v) is 9.07. The number of amides is 1. The largest absolute Gasteiger partial charge is 0.329 e. The molecular weight excluding hydrogens is 370 g/mol. The lowest BCUT2D eigenvalue weighted by Crippen LogP contribution is -2.26. The van der Waals surface area contributed by atoms with Crippen molar-refractivity contribution in [1.29, 1.82) is 0 Å². The number of benzene rings is 1. The van der Waals surface area contributed by atoms with Crippen LogP contribution in [0.15, 0.2) is 52.8 Å². The summed E-state index contributed by atoms with van der Waals surface area (Å²) >= 11 is 1.51. The average Bonchev–Trinajstić information content (AvgIpc) is 3.23. The van der Waals surface area contributed by atoms with Gasteiger partial charge in [-0.15, -0.1) is 0 Å². The number of imidazole rings is 1. The van der Waals surface area contributed by atoms with E-state index in [2.05, 4.69) is 50.0 Å². The van der Waals surface area contributed by atoms with Crippen molar-refractivity contribution in [3.05, 3.63) is 54.1 Å². The number of hydrogen-bond donors (Lipinski definition) is 1. The van der Waals surface area contributed by atoms with Gasteiger partial charge in [0.2, 0.25) is 0 Å². The van der Waals surface area contributed by atoms with Gasteiger partial charge in [-0.1, -0.05) is 26.0 Å². The summed E-state index contributed by atoms with van der Waals surface area (Å²) in [6.07, 6.45) is 3.66. The highest BCUT2D eigenvalue weighted by Crippen LogP contribution is 2.32. The number of aryl methyl sites for hydroxylation is 1. The molecule has 0 aliphatic rings. The minimum absolute atomic E-state index is 0.190. The predicted molar refractivity (Wildman–Crippen MR) is 113 cm³/mol. The first-order chi connectivity index (χ1) is 13.2. The van der Waals surface area contributed by atoms with E-state index in [0.29, 0.717) is 5.69 Å². The first-order valence-electron chi connectivity index (χ1n) is 9.33. The van der Waals surface area contributed by atoms with Gasteiger partial charge in [0.15, 0.2) is 10.9 Å². The molecule has 0 saturated heterocycles. The van der Waals surface area contributed by atoms with E-state index < -0.39 is 0 Å². The predicted octanol–water partition coefficient (Wildman–Crippen LogP) is 4.90. The highest BCUT2D eigenvalue weighted by Gasteiger charge is 2.24. The Balaban J connectivity index is 1.87. The Labute approximate surface area is 170 Å². The molecule has 148 valence electrons. The third-order valence-corrected chi connectivity index (χ3v) is 5.46. The SMILES string of the molecule is CC(C)c1cc(C(=O)Nc2ccccc2Sc2nccn2C)nn1C(C)(C)C. The minimum Gasteiger partial charge on any atom is -0.329 e. The Morgan fingerprint density at radius 2 is 1.93 bits per heavy atom. The van der Waals surface area contributed by atoms with Gasteiger partial charge in [0.25, 0.3) is 5.91 Å². The van der Waals surface area contributed by atoms with Gasteiger partial charge in [-0.05, 0) is 56.7 Å². The molecule has 2 aromatic heterocycles. The Hall–Kier alpha value is -2.54. The molecule has 0 bridgehead atoms. The van der Waals surface area contributed by atoms with Gasteiger partial charge in [0.05, 0.1) is 11.2 Å². The van der Waals surface area contributed by atoms with Crippen LogP contribution in [0.4, 0.5) is 5.69 Å². The maximum atomic E-state index is 12.9. The number of aromatic nitrogens is 4. The van der Waals surface area contributed by atoms with E-state index in [9.17, 15) is 4.79 Å². The van der Waals surface area contributed by atoms with Crippen LogP contribution in [0.2, 0.25) is 0 Å². The minimum atomic E-state index is -0.210. The van der Waals surface area contributed by atoms with Gasteiger partial charge < -0.3 is 9.88 Å². The summed E-state index contributed by atoms with van der Waals surface area (Å²) in [7, 11) is 1.95. The monoisotopic (exact) mass is 397 g/mol. The molecule has 28 heavy (non-hydrogen) atoms. The van der Waals surface area contributed by atoms with E-state index in [1.165, 1.54) is 11.8 Å². The highest BCUT2D eigenvalue weighted by atomic mass is 32.2. The third-order valence-electron chi connectivity index (χ3n) is 4.31. The maximum absolute atomic E-state index is 12.9. The first-order valence-corrected chi connectivity index (χ1v) is 10.1. The summed E-state index contributed by atoms with van der Waals surface area (Å²) in [5.74, 6) is 0.0670. The number of hydrogen-bond acceptors (Lipinski definition) is 4. The van der Waals surface area contributed by atoms with Gasteiger partial charge in [-0.25, -0.2) is 4.98 Å². The molecule has 0 aliphatic heterocycles. The molecular formula is C21H27N5OS. The topological polar surface area (TPSA) is 64.7 Å². The number of anilines is 1. The average molecular weight is 398 g/mol. The second kappa shape index (κ2) is 7.83. The van der Waals surface area contributed by atoms with E-state index >= 15 is 0 Å². The molecule has 0 saturated carbocycles. The van der Waals surface area contributed by atoms with Crippen molar-refractivity contribution in [3.63, 3.8) is 0 Å². The standard InChI is InChI=1S/C21H27N5OS/c1-14(2)17-13-16(24-26(17)21(3,4)5)19(27)23-15-9-7-8-10-18(15)28-20-22-11-12-25(20)6/h7-14H,1-6H3,(H,23,27). The molecule has 7 heteroatoms. The van der Waals surface area contributed by atoms with E-state index in [1.54, 1.807) is 6.20 Å². The summed E-state index contributed by atoms with van der Waals surface area (Å²) in [6.45, 7) is 10.5. The van der Waals surface area contributed by atoms with Crippen LogP contribution in [0.1, 0.15) is 56.7 Å². The number of para-hydroxylation sites is 1. The van der Waals surface area contributed by atoms with Crippen LogP contribution in [0, 0.1) is 0 Å². The lowest BCUT2D eigenvalue weighted by Gasteiger charge is -2.23. The summed E-state index contributed by atoms with van der Waals surface area (Å²) in [5.41, 5.74) is 2.03. The Morgan fingerprint density at radius 1 is 1.21 bits per heavy atom. The summed E-state index contributed by atoms with van der Waals surface area (Å²) in [6, 6.07) is 9.62. The number of carbonyl (C=O) groups is 1. The van der Waals surface area contributed by atoms with E-state index in [4.69, 9.17) is 0 Å². The fraction of sp³-hybridized carbons (Fsp3) is 0.381. The molecule has 3 rings (SSSR count). The second-order valence-electron chi connectivity index (χ2n) is 8.06. The van der Waals surface area contributed by atoms with Crippen LogP contribution < -0.4 is 5.32 Å². The number of nitrogens with zero attached hydrogens (tertiary/aromatic N) is 4. The van der Waals surface area contributed by atoms with Crippen LogP contribution in [0.25, 0.3) is 0 Å². The Bertz CT molecular complexity index is 981. The van der Waals surface area contributed by atoms with Crippen molar-refractivity contribution >= 4 is 23.4 Å². The van der Waals surface area contributed by atoms with Crippen molar-refractivity contribution in [2.45, 2.75) is 56.1 Å². The maximum Gasteiger partial charge on any atom is 0.276 e. The number of rotatable bonds is 5. The first kappa shape index (κ1) is 20.2. The smallest absolute Gasteiger partial charge is 0.276 e. The summed E-state index contributed by atoms with van der Waals surface area (Å²) < 4.78 is 3.89. The normalized spacial score (nSPS) is 11.8. The molecule has 1 amide bonds. The van der Waals surface area contributed by atoms with Gasteiger partial charge in [-0.2, -0.15) is 5.10 Å². The molecule has 0 spiro atoms. The Kier molecular flexibility index (Phi) is 5.65. The third kappa shape index (κ3) is 4.30. The van der Waals surface area contributed by atoms with Crippen LogP contribution in [-0.2, 0) is 12.6 Å². The van der Waals surface area contributed by atoms with Crippen LogP contribution >= 0.6 is 11.8 Å². The van der Waals surface area contributed by atoms with E-state index in [0.717, 1.165) is 21.4 Å². The zero-order chi connectivity index (χ0) is 20.5. The fourth-order valence-corrected chi connectivity index (χ4v) is 3.74. The molecule has 0 atom stereocenters. The van der Waals surface area contributed by atoms with Gasteiger partial charge >= 0.3 is 0 Å². The summed E-state index contributed by atoms with van der Waals surface area (Å²) in [4.78, 5) is 18.2. The number of nitrogens with one attached hydrogen (secondary N) is 1. The van der Waals surface area contributed by atoms with Crippen molar-refractivity contribution in [3.8, 4) is 0 Å². The number of carbonyl (C=O) groups excluding carboxylic acids is 1. The van der Waals surface area contributed by atoms with Crippen LogP contribution in [0.3, 0.4) is 0 Å². The lowest BCUT2D eigenvalue weighted by molar-refractivity contribution is 0.102. The highest BCUT2D eigenvalue weighted by molar-refractivity contribution is 7.99. The molecule has 6 nitrogen and oxygen atoms in total. The van der Waals surface area contributed by atoms with Gasteiger partial charge in [-0.3, -0.25) is 9.48 Å². The molecule has 2 heterocycles. The zero-order valence-corrected chi connectivity index (χ0v) is 18.0. The summed E-state index contributed by atoms with van der Waals surface area (Å²) in [5, 5.41) is 8.48. The quantitative estimate of drug-likeness (QED) is 0.665. The van der Waals surface area contributed by atoms with Gasteiger partial charge in [0, 0.05) is 30.0 Å². The van der Waals surface area contributed by atoms with Crippen LogP contribution in [0.5, 0.6) is 0 Å². The van der Waals surface area contributed by atoms with E-state index in [-0.39, 0.29) is 17.4 Å². The zero-order valence-electron chi connectivity index (χ0n) is 17.2. The lowest BCUT2D eigenvalue weighted by atomic mass is 10.1. The molecule has 1 aromatic carbocycles. The molecule has 1 N–H and O–H groups in total. The van der Waals surface area contributed by atoms with E-state index in [1.807, 2.05) is 52.8 Å². The van der Waals surface area contributed by atoms with Crippen molar-refractivity contribution in [2.24, 2.45) is 7.05 Å². The fourth-order valence-electron chi connectivity index (χ4n) is 2.85. The van der Waals surface area contributed by atoms with Crippen LogP contribution in [-0.4, -0.2) is 25.2 Å². The van der Waals surface area contributed by atoms with Gasteiger partial charge in [0.1, 0.15) is 0 Å². The molecule has 3 aromatic rings. The van der Waals surface area contributed by atoms with Crippen molar-refractivity contribution in [2.75, 3.05) is 5.32 Å². The molecule has 0 radical (unpaired) electrons. The Morgan fingerprint density at radius 3 is 2.50 bits per heavy atom. The molecule has 0 aliphatic carbocycles. The van der Waals surface area contributed by atoms with Crippen molar-refractivity contribution in [1.82, 2.24) is 19.3 Å². The molecule has 0 unspecified atom stereocenters. The molecule has 0 fully saturated rings. The van der Waals surface area contributed by atoms with Crippen molar-refractivity contribution < 1.29 is 4.79 Å².